The highest BCUT2D eigenvalue weighted by atomic mass is 16.5. The highest BCUT2D eigenvalue weighted by Crippen LogP contribution is 2.24. The zero-order chi connectivity index (χ0) is 20.6. The molecule has 0 bridgehead atoms. The number of aromatic nitrogens is 1. The number of rotatable bonds is 8. The minimum absolute atomic E-state index is 0.127. The minimum atomic E-state index is -0.127. The van der Waals surface area contributed by atoms with Crippen LogP contribution in [0.3, 0.4) is 0 Å². The van der Waals surface area contributed by atoms with Crippen LogP contribution in [0.5, 0.6) is 5.75 Å². The molecule has 5 nitrogen and oxygen atoms in total. The predicted octanol–water partition coefficient (Wildman–Crippen LogP) is 4.50. The Kier molecular flexibility index (Phi) is 6.98. The van der Waals surface area contributed by atoms with Gasteiger partial charge in [0.2, 0.25) is 0 Å². The van der Waals surface area contributed by atoms with E-state index in [4.69, 9.17) is 4.74 Å². The van der Waals surface area contributed by atoms with E-state index in [0.717, 1.165) is 47.5 Å². The Morgan fingerprint density at radius 2 is 1.69 bits per heavy atom. The number of methoxy groups -OCH3 is 1. The first-order chi connectivity index (χ1) is 14.1. The Morgan fingerprint density at radius 1 is 1.00 bits per heavy atom. The van der Waals surface area contributed by atoms with Crippen molar-refractivity contribution < 1.29 is 9.53 Å². The van der Waals surface area contributed by atoms with Gasteiger partial charge in [-0.2, -0.15) is 0 Å². The number of nitrogens with zero attached hydrogens (tertiary/aromatic N) is 2. The number of pyridine rings is 1. The Balaban J connectivity index is 1.70. The first-order valence-electron chi connectivity index (χ1n) is 9.70. The second-order valence-electron chi connectivity index (χ2n) is 7.20. The number of ether oxygens (including phenoxy) is 1. The van der Waals surface area contributed by atoms with Crippen LogP contribution < -0.4 is 10.1 Å². The quantitative estimate of drug-likeness (QED) is 0.616. The molecule has 0 saturated carbocycles. The lowest BCUT2D eigenvalue weighted by Gasteiger charge is -2.13. The molecule has 29 heavy (non-hydrogen) atoms. The Labute approximate surface area is 172 Å². The van der Waals surface area contributed by atoms with E-state index < -0.39 is 0 Å². The Bertz CT molecular complexity index is 938. The maximum Gasteiger partial charge on any atom is 0.255 e. The standard InChI is InChI=1S/C24H27N3O2/c1-27(2)16-4-5-20-17-21(8-11-23(20)29-3)24(28)26-22-9-6-18(7-10-22)19-12-14-25-15-13-19/h6-15,17H,4-5,16H2,1-3H3,(H,26,28). The van der Waals surface area contributed by atoms with Gasteiger partial charge in [-0.25, -0.2) is 0 Å². The maximum absolute atomic E-state index is 12.7. The van der Waals surface area contributed by atoms with Crippen LogP contribution in [-0.4, -0.2) is 43.5 Å². The summed E-state index contributed by atoms with van der Waals surface area (Å²) in [6.07, 6.45) is 5.41. The number of aryl methyl sites for hydroxylation is 1. The number of nitrogens with one attached hydrogen (secondary N) is 1. The summed E-state index contributed by atoms with van der Waals surface area (Å²) >= 11 is 0. The van der Waals surface area contributed by atoms with Gasteiger partial charge in [0, 0.05) is 23.6 Å². The number of hydrogen-bond donors (Lipinski definition) is 1. The average Bonchev–Trinajstić information content (AvgIpc) is 2.74. The number of hydrogen-bond acceptors (Lipinski definition) is 4. The molecule has 150 valence electrons. The van der Waals surface area contributed by atoms with Crippen molar-refractivity contribution in [2.45, 2.75) is 12.8 Å². The molecule has 0 aliphatic heterocycles. The summed E-state index contributed by atoms with van der Waals surface area (Å²) in [5.41, 5.74) is 4.62. The van der Waals surface area contributed by atoms with Crippen molar-refractivity contribution in [3.8, 4) is 16.9 Å². The van der Waals surface area contributed by atoms with E-state index in [0.29, 0.717) is 5.56 Å². The van der Waals surface area contributed by atoms with Crippen molar-refractivity contribution in [3.05, 3.63) is 78.1 Å². The summed E-state index contributed by atoms with van der Waals surface area (Å²) in [6, 6.07) is 17.3. The van der Waals surface area contributed by atoms with E-state index in [1.54, 1.807) is 25.6 Å². The molecule has 3 rings (SSSR count). The Hall–Kier alpha value is -3.18. The van der Waals surface area contributed by atoms with Crippen molar-refractivity contribution >= 4 is 11.6 Å². The molecule has 1 aromatic heterocycles. The summed E-state index contributed by atoms with van der Waals surface area (Å²) in [5.74, 6) is 0.695. The van der Waals surface area contributed by atoms with E-state index in [1.807, 2.05) is 48.5 Å². The van der Waals surface area contributed by atoms with E-state index in [1.165, 1.54) is 0 Å². The molecular formula is C24H27N3O2. The normalized spacial score (nSPS) is 10.8. The number of carbonyl (C=O) groups excluding carboxylic acids is 1. The SMILES string of the molecule is COc1ccc(C(=O)Nc2ccc(-c3ccncc3)cc2)cc1CCCN(C)C. The monoisotopic (exact) mass is 389 g/mol. The first kappa shape index (κ1) is 20.6. The van der Waals surface area contributed by atoms with Gasteiger partial charge in [-0.1, -0.05) is 12.1 Å². The van der Waals surface area contributed by atoms with Gasteiger partial charge in [0.1, 0.15) is 5.75 Å². The van der Waals surface area contributed by atoms with Crippen LogP contribution in [0.15, 0.2) is 67.0 Å². The molecule has 0 aliphatic carbocycles. The lowest BCUT2D eigenvalue weighted by Crippen LogP contribution is -2.14. The van der Waals surface area contributed by atoms with Crippen molar-refractivity contribution in [3.63, 3.8) is 0 Å². The van der Waals surface area contributed by atoms with E-state index in [9.17, 15) is 4.79 Å². The van der Waals surface area contributed by atoms with Crippen molar-refractivity contribution in [2.24, 2.45) is 0 Å². The van der Waals surface area contributed by atoms with Gasteiger partial charge in [-0.3, -0.25) is 9.78 Å². The number of anilines is 1. The topological polar surface area (TPSA) is 54.5 Å². The van der Waals surface area contributed by atoms with Crippen LogP contribution >= 0.6 is 0 Å². The number of amides is 1. The molecule has 3 aromatic rings. The van der Waals surface area contributed by atoms with Crippen LogP contribution in [0.1, 0.15) is 22.3 Å². The third kappa shape index (κ3) is 5.65. The third-order valence-electron chi connectivity index (χ3n) is 4.75. The lowest BCUT2D eigenvalue weighted by molar-refractivity contribution is 0.102. The molecular weight excluding hydrogens is 362 g/mol. The van der Waals surface area contributed by atoms with Gasteiger partial charge in [0.15, 0.2) is 0 Å². The third-order valence-corrected chi connectivity index (χ3v) is 4.75. The molecule has 0 radical (unpaired) electrons. The molecule has 0 unspecified atom stereocenters. The molecule has 0 aliphatic rings. The summed E-state index contributed by atoms with van der Waals surface area (Å²) in [5, 5.41) is 2.98. The predicted molar refractivity (Wildman–Crippen MR) is 117 cm³/mol. The van der Waals surface area contributed by atoms with Crippen LogP contribution in [0, 0.1) is 0 Å². The number of benzene rings is 2. The molecule has 2 aromatic carbocycles. The fourth-order valence-corrected chi connectivity index (χ4v) is 3.19. The van der Waals surface area contributed by atoms with E-state index in [2.05, 4.69) is 29.3 Å². The zero-order valence-electron chi connectivity index (χ0n) is 17.2. The van der Waals surface area contributed by atoms with Crippen LogP contribution in [0.4, 0.5) is 5.69 Å². The molecule has 1 heterocycles. The molecule has 0 saturated heterocycles. The van der Waals surface area contributed by atoms with Crippen LogP contribution in [0.2, 0.25) is 0 Å². The summed E-state index contributed by atoms with van der Waals surface area (Å²) < 4.78 is 5.46. The smallest absolute Gasteiger partial charge is 0.255 e. The van der Waals surface area contributed by atoms with E-state index in [-0.39, 0.29) is 5.91 Å². The summed E-state index contributed by atoms with van der Waals surface area (Å²) in [7, 11) is 5.77. The summed E-state index contributed by atoms with van der Waals surface area (Å²) in [6.45, 7) is 0.989. The van der Waals surface area contributed by atoms with E-state index >= 15 is 0 Å². The van der Waals surface area contributed by atoms with Crippen molar-refractivity contribution in [2.75, 3.05) is 33.1 Å². The van der Waals surface area contributed by atoms with Crippen LogP contribution in [0.25, 0.3) is 11.1 Å². The molecule has 0 atom stereocenters. The van der Waals surface area contributed by atoms with Crippen molar-refractivity contribution in [1.82, 2.24) is 9.88 Å². The van der Waals surface area contributed by atoms with Gasteiger partial charge in [0.05, 0.1) is 7.11 Å². The molecule has 0 fully saturated rings. The fourth-order valence-electron chi connectivity index (χ4n) is 3.19. The maximum atomic E-state index is 12.7. The van der Waals surface area contributed by atoms with Gasteiger partial charge in [-0.15, -0.1) is 0 Å². The highest BCUT2D eigenvalue weighted by molar-refractivity contribution is 6.04. The zero-order valence-corrected chi connectivity index (χ0v) is 17.2. The second-order valence-corrected chi connectivity index (χ2v) is 7.20. The molecule has 0 spiro atoms. The Morgan fingerprint density at radius 3 is 2.34 bits per heavy atom. The fraction of sp³-hybridized carbons (Fsp3) is 0.250. The largest absolute Gasteiger partial charge is 0.496 e. The van der Waals surface area contributed by atoms with Crippen LogP contribution in [-0.2, 0) is 6.42 Å². The van der Waals surface area contributed by atoms with Gasteiger partial charge < -0.3 is 15.0 Å². The minimum Gasteiger partial charge on any atom is -0.496 e. The molecule has 5 heteroatoms. The molecule has 1 N–H and O–H groups in total. The number of carbonyl (C=O) groups is 1. The second kappa shape index (κ2) is 9.85. The lowest BCUT2D eigenvalue weighted by atomic mass is 10.0. The average molecular weight is 389 g/mol. The van der Waals surface area contributed by atoms with Gasteiger partial charge in [-0.05, 0) is 92.6 Å². The highest BCUT2D eigenvalue weighted by Gasteiger charge is 2.11. The van der Waals surface area contributed by atoms with Crippen molar-refractivity contribution in [1.29, 1.82) is 0 Å². The van der Waals surface area contributed by atoms with Gasteiger partial charge >= 0.3 is 0 Å². The molecule has 1 amide bonds. The van der Waals surface area contributed by atoms with Gasteiger partial charge in [0.25, 0.3) is 5.91 Å². The first-order valence-corrected chi connectivity index (χ1v) is 9.70. The summed E-state index contributed by atoms with van der Waals surface area (Å²) in [4.78, 5) is 18.9.